The van der Waals surface area contributed by atoms with E-state index in [0.29, 0.717) is 24.7 Å². The van der Waals surface area contributed by atoms with Crippen molar-refractivity contribution in [2.75, 3.05) is 31.5 Å². The third-order valence-corrected chi connectivity index (χ3v) is 5.39. The lowest BCUT2D eigenvalue weighted by molar-refractivity contribution is -0.383. The second-order valence-corrected chi connectivity index (χ2v) is 7.09. The van der Waals surface area contributed by atoms with Gasteiger partial charge < -0.3 is 20.1 Å². The third-order valence-electron chi connectivity index (χ3n) is 5.39. The molecule has 2 aromatic rings. The second-order valence-electron chi connectivity index (χ2n) is 7.09. The standard InChI is InChI=1S/C18H23N7O3/c26-17(12-20-14-3-1-2-4-15(14)25(27)28)23-8-5-13(6-9-23)18-22-21-16-11-19-7-10-24(16)18/h1-4,13,19-20H,5-12H2. The van der Waals surface area contributed by atoms with Crippen molar-refractivity contribution in [1.29, 1.82) is 0 Å². The molecule has 0 radical (unpaired) electrons. The highest BCUT2D eigenvalue weighted by Crippen LogP contribution is 2.28. The number of para-hydroxylation sites is 2. The van der Waals surface area contributed by atoms with Crippen molar-refractivity contribution in [3.8, 4) is 0 Å². The Kier molecular flexibility index (Phi) is 5.20. The average Bonchev–Trinajstić information content (AvgIpc) is 3.16. The monoisotopic (exact) mass is 385 g/mol. The number of nitro benzene ring substituents is 1. The maximum absolute atomic E-state index is 12.5. The van der Waals surface area contributed by atoms with E-state index in [1.165, 1.54) is 6.07 Å². The van der Waals surface area contributed by atoms with Crippen molar-refractivity contribution in [3.05, 3.63) is 46.0 Å². The highest BCUT2D eigenvalue weighted by molar-refractivity contribution is 5.82. The number of piperidine rings is 1. The molecule has 1 aromatic heterocycles. The zero-order chi connectivity index (χ0) is 19.5. The first kappa shape index (κ1) is 18.4. The summed E-state index contributed by atoms with van der Waals surface area (Å²) in [6.45, 7) is 3.91. The minimum Gasteiger partial charge on any atom is -0.371 e. The molecule has 1 saturated heterocycles. The fourth-order valence-corrected chi connectivity index (χ4v) is 3.87. The fraction of sp³-hybridized carbons (Fsp3) is 0.500. The molecule has 0 unspecified atom stereocenters. The maximum Gasteiger partial charge on any atom is 0.292 e. The van der Waals surface area contributed by atoms with Gasteiger partial charge in [-0.1, -0.05) is 12.1 Å². The lowest BCUT2D eigenvalue weighted by atomic mass is 9.95. The number of nitro groups is 1. The number of carbonyl (C=O) groups is 1. The first-order valence-corrected chi connectivity index (χ1v) is 9.51. The van der Waals surface area contributed by atoms with Crippen LogP contribution in [0.25, 0.3) is 0 Å². The number of hydrogen-bond donors (Lipinski definition) is 2. The van der Waals surface area contributed by atoms with Crippen molar-refractivity contribution in [2.45, 2.75) is 31.8 Å². The molecule has 1 amide bonds. The molecule has 0 aliphatic carbocycles. The summed E-state index contributed by atoms with van der Waals surface area (Å²) in [6.07, 6.45) is 1.70. The van der Waals surface area contributed by atoms with Crippen LogP contribution < -0.4 is 10.6 Å². The van der Waals surface area contributed by atoms with Crippen LogP contribution in [0.15, 0.2) is 24.3 Å². The van der Waals surface area contributed by atoms with Crippen molar-refractivity contribution in [1.82, 2.24) is 25.0 Å². The van der Waals surface area contributed by atoms with Crippen LogP contribution in [0.2, 0.25) is 0 Å². The molecule has 10 nitrogen and oxygen atoms in total. The number of nitrogens with one attached hydrogen (secondary N) is 2. The summed E-state index contributed by atoms with van der Waals surface area (Å²) in [4.78, 5) is 25.0. The Hall–Kier alpha value is -3.01. The largest absolute Gasteiger partial charge is 0.371 e. The zero-order valence-corrected chi connectivity index (χ0v) is 15.5. The lowest BCUT2D eigenvalue weighted by Crippen LogP contribution is -2.41. The van der Waals surface area contributed by atoms with Gasteiger partial charge in [0.05, 0.1) is 18.0 Å². The van der Waals surface area contributed by atoms with Crippen LogP contribution in [-0.2, 0) is 17.9 Å². The number of benzene rings is 1. The summed E-state index contributed by atoms with van der Waals surface area (Å²) >= 11 is 0. The number of carbonyl (C=O) groups excluding carboxylic acids is 1. The van der Waals surface area contributed by atoms with Crippen molar-refractivity contribution >= 4 is 17.3 Å². The first-order chi connectivity index (χ1) is 13.6. The molecule has 3 heterocycles. The van der Waals surface area contributed by atoms with E-state index < -0.39 is 4.92 Å². The van der Waals surface area contributed by atoms with Crippen LogP contribution in [0.4, 0.5) is 11.4 Å². The van der Waals surface area contributed by atoms with Gasteiger partial charge in [0, 0.05) is 38.2 Å². The third kappa shape index (κ3) is 3.68. The molecule has 28 heavy (non-hydrogen) atoms. The quantitative estimate of drug-likeness (QED) is 0.584. The van der Waals surface area contributed by atoms with Gasteiger partial charge in [0.1, 0.15) is 17.3 Å². The van der Waals surface area contributed by atoms with Crippen LogP contribution in [0, 0.1) is 10.1 Å². The molecule has 10 heteroatoms. The van der Waals surface area contributed by atoms with Gasteiger partial charge in [-0.2, -0.15) is 0 Å². The van der Waals surface area contributed by atoms with Gasteiger partial charge in [-0.25, -0.2) is 0 Å². The summed E-state index contributed by atoms with van der Waals surface area (Å²) < 4.78 is 2.20. The van der Waals surface area contributed by atoms with Gasteiger partial charge >= 0.3 is 0 Å². The number of likely N-dealkylation sites (tertiary alicyclic amines) is 1. The number of nitrogens with zero attached hydrogens (tertiary/aromatic N) is 5. The average molecular weight is 385 g/mol. The van der Waals surface area contributed by atoms with E-state index in [0.717, 1.165) is 44.1 Å². The van der Waals surface area contributed by atoms with E-state index in [1.54, 1.807) is 18.2 Å². The molecule has 0 atom stereocenters. The van der Waals surface area contributed by atoms with Gasteiger partial charge in [-0.15, -0.1) is 10.2 Å². The van der Waals surface area contributed by atoms with Gasteiger partial charge in [-0.3, -0.25) is 14.9 Å². The van der Waals surface area contributed by atoms with E-state index in [4.69, 9.17) is 0 Å². The Morgan fingerprint density at radius 2 is 2.04 bits per heavy atom. The smallest absolute Gasteiger partial charge is 0.292 e. The molecule has 1 fully saturated rings. The molecule has 0 bridgehead atoms. The van der Waals surface area contributed by atoms with E-state index >= 15 is 0 Å². The summed E-state index contributed by atoms with van der Waals surface area (Å²) in [5.41, 5.74) is 0.333. The Bertz CT molecular complexity index is 874. The van der Waals surface area contributed by atoms with Crippen molar-refractivity contribution in [2.24, 2.45) is 0 Å². The molecule has 2 N–H and O–H groups in total. The van der Waals surface area contributed by atoms with Crippen LogP contribution in [0.1, 0.15) is 30.4 Å². The summed E-state index contributed by atoms with van der Waals surface area (Å²) in [5, 5.41) is 25.9. The normalized spacial score (nSPS) is 17.2. The molecule has 2 aliphatic rings. The molecular weight excluding hydrogens is 362 g/mol. The van der Waals surface area contributed by atoms with Crippen molar-refractivity contribution < 1.29 is 9.72 Å². The molecule has 0 spiro atoms. The molecule has 2 aliphatic heterocycles. The Balaban J connectivity index is 1.32. The van der Waals surface area contributed by atoms with Crippen LogP contribution in [0.3, 0.4) is 0 Å². The maximum atomic E-state index is 12.5. The van der Waals surface area contributed by atoms with Crippen LogP contribution in [-0.4, -0.2) is 56.7 Å². The number of amides is 1. The first-order valence-electron chi connectivity index (χ1n) is 9.51. The number of rotatable bonds is 5. The fourth-order valence-electron chi connectivity index (χ4n) is 3.87. The van der Waals surface area contributed by atoms with E-state index in [1.807, 2.05) is 4.90 Å². The van der Waals surface area contributed by atoms with Gasteiger partial charge in [0.15, 0.2) is 0 Å². The molecule has 4 rings (SSSR count). The predicted molar refractivity (Wildman–Crippen MR) is 102 cm³/mol. The van der Waals surface area contributed by atoms with Crippen LogP contribution >= 0.6 is 0 Å². The van der Waals surface area contributed by atoms with E-state index in [2.05, 4.69) is 25.4 Å². The number of fused-ring (bicyclic) bond motifs is 1. The Labute approximate surface area is 162 Å². The minimum atomic E-state index is -0.451. The van der Waals surface area contributed by atoms with Crippen molar-refractivity contribution in [3.63, 3.8) is 0 Å². The number of hydrogen-bond acceptors (Lipinski definition) is 7. The van der Waals surface area contributed by atoms with E-state index in [9.17, 15) is 14.9 Å². The topological polar surface area (TPSA) is 118 Å². The lowest BCUT2D eigenvalue weighted by Gasteiger charge is -2.32. The van der Waals surface area contributed by atoms with Gasteiger partial charge in [0.25, 0.3) is 5.69 Å². The molecular formula is C18H23N7O3. The Morgan fingerprint density at radius 3 is 2.82 bits per heavy atom. The number of anilines is 1. The highest BCUT2D eigenvalue weighted by Gasteiger charge is 2.28. The zero-order valence-electron chi connectivity index (χ0n) is 15.5. The highest BCUT2D eigenvalue weighted by atomic mass is 16.6. The molecule has 1 aromatic carbocycles. The molecule has 148 valence electrons. The van der Waals surface area contributed by atoms with Crippen LogP contribution in [0.5, 0.6) is 0 Å². The summed E-state index contributed by atoms with van der Waals surface area (Å²) in [5.74, 6) is 2.27. The van der Waals surface area contributed by atoms with E-state index in [-0.39, 0.29) is 18.1 Å². The summed E-state index contributed by atoms with van der Waals surface area (Å²) in [7, 11) is 0. The molecule has 0 saturated carbocycles. The Morgan fingerprint density at radius 1 is 1.25 bits per heavy atom. The summed E-state index contributed by atoms with van der Waals surface area (Å²) in [6, 6.07) is 6.35. The predicted octanol–water partition coefficient (Wildman–Crippen LogP) is 1.11. The SMILES string of the molecule is O=C(CNc1ccccc1[N+](=O)[O-])N1CCC(c2nnc3n2CCNC3)CC1. The minimum absolute atomic E-state index is 0.0277. The van der Waals surface area contributed by atoms with Gasteiger partial charge in [0.2, 0.25) is 5.91 Å². The second kappa shape index (κ2) is 7.93. The number of aromatic nitrogens is 3. The van der Waals surface area contributed by atoms with Gasteiger partial charge in [-0.05, 0) is 18.9 Å².